The summed E-state index contributed by atoms with van der Waals surface area (Å²) in [5.41, 5.74) is 0. The molecule has 124 valence electrons. The molecule has 0 saturated heterocycles. The topological polar surface area (TPSA) is 49.4 Å². The minimum Gasteiger partial charge on any atom is -0.342 e. The van der Waals surface area contributed by atoms with Crippen molar-refractivity contribution < 1.29 is 9.59 Å². The van der Waals surface area contributed by atoms with Crippen LogP contribution < -0.4 is 5.32 Å². The van der Waals surface area contributed by atoms with Crippen LogP contribution in [0.25, 0.3) is 0 Å². The molecule has 3 heterocycles. The third-order valence-corrected chi connectivity index (χ3v) is 5.94. The highest BCUT2D eigenvalue weighted by atomic mass is 32.1. The molecule has 0 fully saturated rings. The maximum absolute atomic E-state index is 12.6. The molecule has 24 heavy (non-hydrogen) atoms. The number of nitrogens with zero attached hydrogens (tertiary/aromatic N) is 1. The predicted octanol–water partition coefficient (Wildman–Crippen LogP) is 3.83. The Kier molecular flexibility index (Phi) is 5.79. The number of carbonyl (C=O) groups excluding carboxylic acids is 2. The van der Waals surface area contributed by atoms with Crippen molar-refractivity contribution in [3.05, 3.63) is 67.2 Å². The van der Waals surface area contributed by atoms with Crippen LogP contribution in [0.15, 0.2) is 52.5 Å². The van der Waals surface area contributed by atoms with Crippen LogP contribution >= 0.6 is 34.0 Å². The average molecular weight is 377 g/mol. The summed E-state index contributed by atoms with van der Waals surface area (Å²) in [6, 6.07) is 11.6. The SMILES string of the molecule is O=C(NCC(=O)N(Cc1cccs1)Cc1cccs1)c1cccs1. The summed E-state index contributed by atoms with van der Waals surface area (Å²) in [6.07, 6.45) is 0. The summed E-state index contributed by atoms with van der Waals surface area (Å²) >= 11 is 4.62. The Morgan fingerprint density at radius 2 is 1.46 bits per heavy atom. The lowest BCUT2D eigenvalue weighted by molar-refractivity contribution is -0.131. The van der Waals surface area contributed by atoms with Crippen molar-refractivity contribution >= 4 is 45.8 Å². The highest BCUT2D eigenvalue weighted by Crippen LogP contribution is 2.17. The molecule has 0 bridgehead atoms. The van der Waals surface area contributed by atoms with Crippen LogP contribution in [0, 0.1) is 0 Å². The van der Waals surface area contributed by atoms with Gasteiger partial charge < -0.3 is 10.2 Å². The van der Waals surface area contributed by atoms with Crippen molar-refractivity contribution in [2.24, 2.45) is 0 Å². The van der Waals surface area contributed by atoms with Gasteiger partial charge in [-0.3, -0.25) is 9.59 Å². The summed E-state index contributed by atoms with van der Waals surface area (Å²) in [5.74, 6) is -0.285. The van der Waals surface area contributed by atoms with E-state index in [-0.39, 0.29) is 18.4 Å². The molecule has 0 spiro atoms. The first kappa shape index (κ1) is 16.9. The van der Waals surface area contributed by atoms with Crippen molar-refractivity contribution in [3.63, 3.8) is 0 Å². The number of thiophene rings is 3. The van der Waals surface area contributed by atoms with Crippen molar-refractivity contribution in [1.29, 1.82) is 0 Å². The lowest BCUT2D eigenvalue weighted by Crippen LogP contribution is -2.39. The van der Waals surface area contributed by atoms with Crippen LogP contribution in [0.2, 0.25) is 0 Å². The van der Waals surface area contributed by atoms with E-state index >= 15 is 0 Å². The molecule has 1 N–H and O–H groups in total. The van der Waals surface area contributed by atoms with Gasteiger partial charge in [-0.25, -0.2) is 0 Å². The van der Waals surface area contributed by atoms with E-state index in [2.05, 4.69) is 5.32 Å². The van der Waals surface area contributed by atoms with Crippen LogP contribution in [-0.4, -0.2) is 23.3 Å². The number of hydrogen-bond acceptors (Lipinski definition) is 5. The fourth-order valence-electron chi connectivity index (χ4n) is 2.18. The highest BCUT2D eigenvalue weighted by Gasteiger charge is 2.17. The van der Waals surface area contributed by atoms with Gasteiger partial charge in [0.15, 0.2) is 0 Å². The Balaban J connectivity index is 1.62. The first-order valence-electron chi connectivity index (χ1n) is 7.36. The fraction of sp³-hybridized carbons (Fsp3) is 0.176. The molecule has 0 aliphatic rings. The molecule has 3 aromatic heterocycles. The van der Waals surface area contributed by atoms with Crippen LogP contribution in [0.4, 0.5) is 0 Å². The Labute approximate surface area is 152 Å². The van der Waals surface area contributed by atoms with E-state index in [9.17, 15) is 9.59 Å². The van der Waals surface area contributed by atoms with E-state index in [1.807, 2.05) is 46.5 Å². The zero-order chi connectivity index (χ0) is 16.8. The number of carbonyl (C=O) groups is 2. The zero-order valence-electron chi connectivity index (χ0n) is 12.8. The maximum atomic E-state index is 12.6. The lowest BCUT2D eigenvalue weighted by atomic mass is 10.3. The van der Waals surface area contributed by atoms with Gasteiger partial charge in [0.1, 0.15) is 0 Å². The quantitative estimate of drug-likeness (QED) is 0.681. The monoisotopic (exact) mass is 376 g/mol. The van der Waals surface area contributed by atoms with Gasteiger partial charge in [0.2, 0.25) is 5.91 Å². The molecule has 0 saturated carbocycles. The predicted molar refractivity (Wildman–Crippen MR) is 99.5 cm³/mol. The molecule has 0 unspecified atom stereocenters. The number of rotatable bonds is 7. The van der Waals surface area contributed by atoms with Gasteiger partial charge in [-0.1, -0.05) is 18.2 Å². The third-order valence-electron chi connectivity index (χ3n) is 3.35. The third kappa shape index (κ3) is 4.53. The fourth-order valence-corrected chi connectivity index (χ4v) is 4.26. The van der Waals surface area contributed by atoms with E-state index in [1.165, 1.54) is 11.3 Å². The summed E-state index contributed by atoms with van der Waals surface area (Å²) < 4.78 is 0. The van der Waals surface area contributed by atoms with E-state index in [4.69, 9.17) is 0 Å². The molecule has 0 radical (unpaired) electrons. The summed E-state index contributed by atoms with van der Waals surface area (Å²) in [6.45, 7) is 1.13. The lowest BCUT2D eigenvalue weighted by Gasteiger charge is -2.21. The minimum atomic E-state index is -0.203. The molecule has 7 heteroatoms. The minimum absolute atomic E-state index is 0.00742. The van der Waals surface area contributed by atoms with Crippen LogP contribution in [-0.2, 0) is 17.9 Å². The first-order valence-corrected chi connectivity index (χ1v) is 10.0. The van der Waals surface area contributed by atoms with E-state index in [0.717, 1.165) is 9.75 Å². The second kappa shape index (κ2) is 8.23. The second-order valence-electron chi connectivity index (χ2n) is 5.07. The molecular weight excluding hydrogens is 360 g/mol. The zero-order valence-corrected chi connectivity index (χ0v) is 15.3. The standard InChI is InChI=1S/C17H16N2O2S3/c20-16(10-18-17(21)15-6-3-9-24-15)19(11-13-4-1-7-22-13)12-14-5-2-8-23-14/h1-9H,10-12H2,(H,18,21). The van der Waals surface area contributed by atoms with Gasteiger partial charge in [-0.15, -0.1) is 34.0 Å². The molecule has 2 amide bonds. The highest BCUT2D eigenvalue weighted by molar-refractivity contribution is 7.12. The van der Waals surface area contributed by atoms with E-state index in [0.29, 0.717) is 18.0 Å². The smallest absolute Gasteiger partial charge is 0.261 e. The van der Waals surface area contributed by atoms with Gasteiger partial charge in [0, 0.05) is 9.75 Å². The van der Waals surface area contributed by atoms with Crippen molar-refractivity contribution in [2.45, 2.75) is 13.1 Å². The molecule has 0 atom stereocenters. The Hall–Kier alpha value is -1.96. The molecule has 3 rings (SSSR count). The van der Waals surface area contributed by atoms with Gasteiger partial charge in [-0.2, -0.15) is 0 Å². The number of hydrogen-bond donors (Lipinski definition) is 1. The number of nitrogens with one attached hydrogen (secondary N) is 1. The largest absolute Gasteiger partial charge is 0.342 e. The molecular formula is C17H16N2O2S3. The summed E-state index contributed by atoms with van der Waals surface area (Å²) in [5, 5.41) is 8.56. The normalized spacial score (nSPS) is 10.5. The van der Waals surface area contributed by atoms with Gasteiger partial charge in [-0.05, 0) is 34.3 Å². The molecule has 0 aliphatic carbocycles. The second-order valence-corrected chi connectivity index (χ2v) is 8.08. The average Bonchev–Trinajstić information content (AvgIpc) is 3.33. The van der Waals surface area contributed by atoms with Crippen molar-refractivity contribution in [1.82, 2.24) is 10.2 Å². The first-order chi connectivity index (χ1) is 11.7. The van der Waals surface area contributed by atoms with Crippen molar-refractivity contribution in [2.75, 3.05) is 6.54 Å². The van der Waals surface area contributed by atoms with Gasteiger partial charge in [0.25, 0.3) is 5.91 Å². The molecule has 0 aliphatic heterocycles. The Morgan fingerprint density at radius 3 is 1.96 bits per heavy atom. The number of amides is 2. The van der Waals surface area contributed by atoms with Crippen LogP contribution in [0.1, 0.15) is 19.4 Å². The van der Waals surface area contributed by atoms with E-state index < -0.39 is 0 Å². The van der Waals surface area contributed by atoms with Gasteiger partial charge in [0.05, 0.1) is 24.5 Å². The van der Waals surface area contributed by atoms with Crippen molar-refractivity contribution in [3.8, 4) is 0 Å². The van der Waals surface area contributed by atoms with Gasteiger partial charge >= 0.3 is 0 Å². The molecule has 0 aromatic carbocycles. The summed E-state index contributed by atoms with van der Waals surface area (Å²) in [7, 11) is 0. The molecule has 4 nitrogen and oxygen atoms in total. The van der Waals surface area contributed by atoms with Crippen LogP contribution in [0.3, 0.4) is 0 Å². The van der Waals surface area contributed by atoms with E-state index in [1.54, 1.807) is 33.6 Å². The Morgan fingerprint density at radius 1 is 0.875 bits per heavy atom. The molecule has 3 aromatic rings. The Bertz CT molecular complexity index is 729. The van der Waals surface area contributed by atoms with Crippen LogP contribution in [0.5, 0.6) is 0 Å². The summed E-state index contributed by atoms with van der Waals surface area (Å²) in [4.78, 5) is 29.3. The maximum Gasteiger partial charge on any atom is 0.261 e.